The van der Waals surface area contributed by atoms with Gasteiger partial charge in [-0.15, -0.1) is 0 Å². The average Bonchev–Trinajstić information content (AvgIpc) is 2.82. The van der Waals surface area contributed by atoms with Crippen LogP contribution in [0.4, 0.5) is 0 Å². The number of aryl methyl sites for hydroxylation is 1. The highest BCUT2D eigenvalue weighted by Crippen LogP contribution is 2.16. The Kier molecular flexibility index (Phi) is 8.66. The number of rotatable bonds is 9. The molecular formula is C25H31N3O4. The molecule has 3 amide bonds. The molecule has 32 heavy (non-hydrogen) atoms. The van der Waals surface area contributed by atoms with Crippen molar-refractivity contribution < 1.29 is 19.1 Å². The van der Waals surface area contributed by atoms with Gasteiger partial charge in [0.1, 0.15) is 5.75 Å². The van der Waals surface area contributed by atoms with E-state index in [1.807, 2.05) is 37.3 Å². The third-order valence-corrected chi connectivity index (χ3v) is 5.55. The summed E-state index contributed by atoms with van der Waals surface area (Å²) in [6, 6.07) is 16.7. The quantitative estimate of drug-likeness (QED) is 0.591. The van der Waals surface area contributed by atoms with Crippen LogP contribution >= 0.6 is 0 Å². The second kappa shape index (κ2) is 11.9. The van der Waals surface area contributed by atoms with E-state index in [2.05, 4.69) is 10.6 Å². The van der Waals surface area contributed by atoms with E-state index in [4.69, 9.17) is 4.74 Å². The molecule has 3 rings (SSSR count). The van der Waals surface area contributed by atoms with Crippen molar-refractivity contribution in [3.63, 3.8) is 0 Å². The van der Waals surface area contributed by atoms with Crippen LogP contribution in [-0.4, -0.2) is 54.9 Å². The largest absolute Gasteiger partial charge is 0.493 e. The van der Waals surface area contributed by atoms with E-state index in [1.165, 1.54) is 0 Å². The van der Waals surface area contributed by atoms with Gasteiger partial charge in [-0.3, -0.25) is 14.4 Å². The Hall–Kier alpha value is -3.35. The standard InChI is InChI=1S/C25H31N3O4/c1-19-8-5-6-11-22(19)32-17-7-12-23(29)27-21-13-15-28(16-14-21)24(30)18-26-25(31)20-9-3-2-4-10-20/h2-6,8-11,21H,7,12-18H2,1H3,(H,26,31)(H,27,29). The maximum absolute atomic E-state index is 12.4. The predicted molar refractivity (Wildman–Crippen MR) is 122 cm³/mol. The number of hydrogen-bond donors (Lipinski definition) is 2. The fourth-order valence-corrected chi connectivity index (χ4v) is 3.67. The molecule has 0 saturated carbocycles. The Bertz CT molecular complexity index is 908. The summed E-state index contributed by atoms with van der Waals surface area (Å²) >= 11 is 0. The number of ether oxygens (including phenoxy) is 1. The smallest absolute Gasteiger partial charge is 0.251 e. The van der Waals surface area contributed by atoms with Gasteiger partial charge in [-0.25, -0.2) is 0 Å². The lowest BCUT2D eigenvalue weighted by atomic mass is 10.0. The molecule has 2 aromatic carbocycles. The second-order valence-electron chi connectivity index (χ2n) is 7.99. The minimum atomic E-state index is -0.257. The van der Waals surface area contributed by atoms with Crippen molar-refractivity contribution in [1.29, 1.82) is 0 Å². The summed E-state index contributed by atoms with van der Waals surface area (Å²) in [5.41, 5.74) is 1.61. The minimum absolute atomic E-state index is 0.0123. The van der Waals surface area contributed by atoms with Crippen LogP contribution in [0.15, 0.2) is 54.6 Å². The summed E-state index contributed by atoms with van der Waals surface area (Å²) in [7, 11) is 0. The van der Waals surface area contributed by atoms with Crippen molar-refractivity contribution in [1.82, 2.24) is 15.5 Å². The highest BCUT2D eigenvalue weighted by Gasteiger charge is 2.24. The Morgan fingerprint density at radius 1 is 1.00 bits per heavy atom. The summed E-state index contributed by atoms with van der Waals surface area (Å²) < 4.78 is 5.73. The summed E-state index contributed by atoms with van der Waals surface area (Å²) in [5, 5.41) is 5.73. The molecule has 0 spiro atoms. The molecule has 7 nitrogen and oxygen atoms in total. The van der Waals surface area contributed by atoms with Crippen molar-refractivity contribution in [3.8, 4) is 5.75 Å². The van der Waals surface area contributed by atoms with Crippen LogP contribution in [0.2, 0.25) is 0 Å². The highest BCUT2D eigenvalue weighted by atomic mass is 16.5. The molecule has 1 saturated heterocycles. The van der Waals surface area contributed by atoms with E-state index in [9.17, 15) is 14.4 Å². The van der Waals surface area contributed by atoms with Gasteiger partial charge in [0.05, 0.1) is 13.2 Å². The Morgan fingerprint density at radius 3 is 2.41 bits per heavy atom. The van der Waals surface area contributed by atoms with Gasteiger partial charge >= 0.3 is 0 Å². The predicted octanol–water partition coefficient (Wildman–Crippen LogP) is 2.69. The van der Waals surface area contributed by atoms with E-state index in [-0.39, 0.29) is 30.3 Å². The van der Waals surface area contributed by atoms with Gasteiger partial charge in [-0.2, -0.15) is 0 Å². The van der Waals surface area contributed by atoms with Gasteiger partial charge in [-0.05, 0) is 49.9 Å². The number of hydrogen-bond acceptors (Lipinski definition) is 4. The number of carbonyl (C=O) groups excluding carboxylic acids is 3. The fraction of sp³-hybridized carbons (Fsp3) is 0.400. The average molecular weight is 438 g/mol. The molecule has 1 aliphatic rings. The molecule has 0 unspecified atom stereocenters. The number of carbonyl (C=O) groups is 3. The number of nitrogens with one attached hydrogen (secondary N) is 2. The normalized spacial score (nSPS) is 14.0. The monoisotopic (exact) mass is 437 g/mol. The SMILES string of the molecule is Cc1ccccc1OCCCC(=O)NC1CCN(C(=O)CNC(=O)c2ccccc2)CC1. The van der Waals surface area contributed by atoms with Gasteiger partial charge in [-0.1, -0.05) is 36.4 Å². The lowest BCUT2D eigenvalue weighted by Crippen LogP contribution is -2.49. The van der Waals surface area contributed by atoms with E-state index in [0.717, 1.165) is 11.3 Å². The number of benzene rings is 2. The van der Waals surface area contributed by atoms with Gasteiger partial charge in [0.15, 0.2) is 0 Å². The van der Waals surface area contributed by atoms with Crippen LogP contribution in [0.25, 0.3) is 0 Å². The topological polar surface area (TPSA) is 87.7 Å². The van der Waals surface area contributed by atoms with Gasteiger partial charge in [0.25, 0.3) is 5.91 Å². The summed E-state index contributed by atoms with van der Waals surface area (Å²) in [6.45, 7) is 3.62. The maximum Gasteiger partial charge on any atom is 0.251 e. The van der Waals surface area contributed by atoms with E-state index >= 15 is 0 Å². The molecule has 0 aliphatic carbocycles. The van der Waals surface area contributed by atoms with Crippen LogP contribution in [-0.2, 0) is 9.59 Å². The lowest BCUT2D eigenvalue weighted by Gasteiger charge is -2.32. The molecule has 2 aromatic rings. The highest BCUT2D eigenvalue weighted by molar-refractivity contribution is 5.96. The minimum Gasteiger partial charge on any atom is -0.493 e. The molecule has 0 bridgehead atoms. The van der Waals surface area contributed by atoms with Gasteiger partial charge < -0.3 is 20.3 Å². The Labute approximate surface area is 189 Å². The molecular weight excluding hydrogens is 406 g/mol. The third kappa shape index (κ3) is 7.11. The molecule has 2 N–H and O–H groups in total. The molecule has 0 atom stereocenters. The molecule has 1 heterocycles. The van der Waals surface area contributed by atoms with Crippen molar-refractivity contribution >= 4 is 17.7 Å². The second-order valence-corrected chi connectivity index (χ2v) is 7.99. The molecule has 7 heteroatoms. The zero-order valence-electron chi connectivity index (χ0n) is 18.5. The van der Waals surface area contributed by atoms with Crippen LogP contribution in [0, 0.1) is 6.92 Å². The van der Waals surface area contributed by atoms with E-state index in [1.54, 1.807) is 29.2 Å². The summed E-state index contributed by atoms with van der Waals surface area (Å²) in [4.78, 5) is 38.4. The summed E-state index contributed by atoms with van der Waals surface area (Å²) in [6.07, 6.45) is 2.49. The number of para-hydroxylation sites is 1. The van der Waals surface area contributed by atoms with Crippen molar-refractivity contribution in [2.45, 2.75) is 38.6 Å². The number of nitrogens with zero attached hydrogens (tertiary/aromatic N) is 1. The van der Waals surface area contributed by atoms with Crippen molar-refractivity contribution in [2.75, 3.05) is 26.2 Å². The third-order valence-electron chi connectivity index (χ3n) is 5.55. The zero-order valence-corrected chi connectivity index (χ0v) is 18.5. The number of likely N-dealkylation sites (tertiary alicyclic amines) is 1. The van der Waals surface area contributed by atoms with E-state index in [0.29, 0.717) is 50.9 Å². The molecule has 0 radical (unpaired) electrons. The number of piperidine rings is 1. The van der Waals surface area contributed by atoms with Crippen LogP contribution < -0.4 is 15.4 Å². The Morgan fingerprint density at radius 2 is 1.69 bits per heavy atom. The summed E-state index contributed by atoms with van der Waals surface area (Å²) in [5.74, 6) is 0.503. The first-order valence-electron chi connectivity index (χ1n) is 11.1. The molecule has 170 valence electrons. The fourth-order valence-electron chi connectivity index (χ4n) is 3.67. The van der Waals surface area contributed by atoms with Gasteiger partial charge in [0.2, 0.25) is 11.8 Å². The van der Waals surface area contributed by atoms with E-state index < -0.39 is 0 Å². The molecule has 0 aromatic heterocycles. The first-order chi connectivity index (χ1) is 15.5. The first kappa shape index (κ1) is 23.3. The Balaban J connectivity index is 1.29. The molecule has 1 fully saturated rings. The lowest BCUT2D eigenvalue weighted by molar-refractivity contribution is -0.131. The maximum atomic E-state index is 12.4. The van der Waals surface area contributed by atoms with Crippen molar-refractivity contribution in [2.24, 2.45) is 0 Å². The number of amides is 3. The first-order valence-corrected chi connectivity index (χ1v) is 11.1. The van der Waals surface area contributed by atoms with Crippen molar-refractivity contribution in [3.05, 3.63) is 65.7 Å². The van der Waals surface area contributed by atoms with Crippen LogP contribution in [0.3, 0.4) is 0 Å². The van der Waals surface area contributed by atoms with Crippen LogP contribution in [0.1, 0.15) is 41.6 Å². The van der Waals surface area contributed by atoms with Crippen LogP contribution in [0.5, 0.6) is 5.75 Å². The van der Waals surface area contributed by atoms with Gasteiger partial charge in [0, 0.05) is 31.1 Å². The zero-order chi connectivity index (χ0) is 22.8. The molecule has 1 aliphatic heterocycles.